The first-order chi connectivity index (χ1) is 28.3. The first kappa shape index (κ1) is 33.2. The fourth-order valence-electron chi connectivity index (χ4n) is 8.35. The molecule has 0 saturated heterocycles. The number of anilines is 3. The highest BCUT2D eigenvalue weighted by molar-refractivity contribution is 7.26. The largest absolute Gasteiger partial charge is 0.455 e. The van der Waals surface area contributed by atoms with Crippen LogP contribution in [-0.2, 0) is 0 Å². The van der Waals surface area contributed by atoms with Gasteiger partial charge in [0, 0.05) is 43.2 Å². The van der Waals surface area contributed by atoms with Gasteiger partial charge in [0.25, 0.3) is 0 Å². The minimum Gasteiger partial charge on any atom is -0.455 e. The third-order valence-corrected chi connectivity index (χ3v) is 12.3. The molecule has 57 heavy (non-hydrogen) atoms. The molecule has 2 heterocycles. The summed E-state index contributed by atoms with van der Waals surface area (Å²) in [5, 5.41) is 4.83. The maximum absolute atomic E-state index is 6.45. The predicted octanol–water partition coefficient (Wildman–Crippen LogP) is 16.1. The van der Waals surface area contributed by atoms with Crippen LogP contribution in [0.1, 0.15) is 0 Å². The molecule has 2 aromatic heterocycles. The first-order valence-electron chi connectivity index (χ1n) is 19.3. The van der Waals surface area contributed by atoms with Gasteiger partial charge in [-0.2, -0.15) is 0 Å². The zero-order valence-corrected chi connectivity index (χ0v) is 31.8. The lowest BCUT2D eigenvalue weighted by Crippen LogP contribution is -2.10. The van der Waals surface area contributed by atoms with Crippen LogP contribution in [0.2, 0.25) is 0 Å². The monoisotopic (exact) mass is 745 g/mol. The Hall–Kier alpha value is -7.20. The molecule has 0 N–H and O–H groups in total. The SMILES string of the molecule is c1ccc(-c2cccc(-c3ccc(N(c4ccc(-c5cccc6c5oc5ccccc56)cc4)c4ccc(-c5ccccc5)c5c4sc4ccccc45)cc3)c2)cc1. The van der Waals surface area contributed by atoms with E-state index in [1.165, 1.54) is 53.6 Å². The third kappa shape index (κ3) is 5.80. The summed E-state index contributed by atoms with van der Waals surface area (Å²) in [5.74, 6) is 0. The van der Waals surface area contributed by atoms with Crippen molar-refractivity contribution < 1.29 is 4.42 Å². The Morgan fingerprint density at radius 3 is 1.65 bits per heavy atom. The molecule has 0 bridgehead atoms. The van der Waals surface area contributed by atoms with Gasteiger partial charge in [0.15, 0.2) is 0 Å². The molecular weight excluding hydrogens is 711 g/mol. The molecule has 268 valence electrons. The summed E-state index contributed by atoms with van der Waals surface area (Å²) in [6.07, 6.45) is 0. The molecule has 0 unspecified atom stereocenters. The van der Waals surface area contributed by atoms with E-state index in [9.17, 15) is 0 Å². The van der Waals surface area contributed by atoms with Gasteiger partial charge in [-0.15, -0.1) is 11.3 Å². The van der Waals surface area contributed by atoms with Crippen LogP contribution in [0, 0.1) is 0 Å². The second kappa shape index (κ2) is 13.8. The van der Waals surface area contributed by atoms with Crippen molar-refractivity contribution in [2.75, 3.05) is 4.90 Å². The molecule has 0 fully saturated rings. The van der Waals surface area contributed by atoms with Crippen LogP contribution in [-0.4, -0.2) is 0 Å². The van der Waals surface area contributed by atoms with Gasteiger partial charge in [-0.3, -0.25) is 0 Å². The van der Waals surface area contributed by atoms with Crippen molar-refractivity contribution in [1.29, 1.82) is 0 Å². The van der Waals surface area contributed by atoms with Gasteiger partial charge in [-0.1, -0.05) is 164 Å². The predicted molar refractivity (Wildman–Crippen MR) is 243 cm³/mol. The number of rotatable bonds is 7. The Balaban J connectivity index is 1.07. The number of para-hydroxylation sites is 2. The summed E-state index contributed by atoms with van der Waals surface area (Å²) in [6, 6.07) is 76.3. The molecule has 0 aliphatic heterocycles. The molecule has 0 atom stereocenters. The minimum absolute atomic E-state index is 0.907. The molecular formula is C54H35NOS. The number of thiophene rings is 1. The third-order valence-electron chi connectivity index (χ3n) is 11.1. The van der Waals surface area contributed by atoms with E-state index in [2.05, 4.69) is 205 Å². The molecule has 0 aliphatic carbocycles. The fourth-order valence-corrected chi connectivity index (χ4v) is 9.59. The highest BCUT2D eigenvalue weighted by atomic mass is 32.1. The van der Waals surface area contributed by atoms with Crippen molar-refractivity contribution in [3.8, 4) is 44.5 Å². The summed E-state index contributed by atoms with van der Waals surface area (Å²) in [7, 11) is 0. The number of hydrogen-bond acceptors (Lipinski definition) is 3. The molecule has 0 radical (unpaired) electrons. The summed E-state index contributed by atoms with van der Waals surface area (Å²) in [5.41, 5.74) is 14.6. The van der Waals surface area contributed by atoms with Crippen LogP contribution in [0.25, 0.3) is 86.6 Å². The average molecular weight is 746 g/mol. The second-order valence-corrected chi connectivity index (χ2v) is 15.5. The highest BCUT2D eigenvalue weighted by Crippen LogP contribution is 2.49. The van der Waals surface area contributed by atoms with Gasteiger partial charge in [0.2, 0.25) is 0 Å². The normalized spacial score (nSPS) is 11.5. The molecule has 3 heteroatoms. The number of benzene rings is 9. The fraction of sp³-hybridized carbons (Fsp3) is 0. The van der Waals surface area contributed by atoms with E-state index in [1.807, 2.05) is 23.5 Å². The van der Waals surface area contributed by atoms with Crippen molar-refractivity contribution >= 4 is 70.5 Å². The lowest BCUT2D eigenvalue weighted by atomic mass is 9.97. The molecule has 0 saturated carbocycles. The Kier molecular flexibility index (Phi) is 8.04. The minimum atomic E-state index is 0.907. The standard InChI is InChI=1S/C54H35NOS/c1-3-13-36(14-4-1)40-17-11-18-41(35-40)37-25-29-42(30-26-37)55(43-31-27-39(28-32-43)45-21-12-22-47-46-19-7-9-23-50(46)56-53(45)47)49-34-33-44(38-15-5-2-6-16-38)52-48-20-8-10-24-51(48)57-54(49)52/h1-35H. The zero-order valence-electron chi connectivity index (χ0n) is 31.0. The van der Waals surface area contributed by atoms with Crippen LogP contribution in [0.15, 0.2) is 217 Å². The van der Waals surface area contributed by atoms with E-state index in [4.69, 9.17) is 4.42 Å². The van der Waals surface area contributed by atoms with E-state index >= 15 is 0 Å². The number of hydrogen-bond donors (Lipinski definition) is 0. The summed E-state index contributed by atoms with van der Waals surface area (Å²) >= 11 is 1.86. The van der Waals surface area contributed by atoms with Crippen molar-refractivity contribution in [1.82, 2.24) is 0 Å². The summed E-state index contributed by atoms with van der Waals surface area (Å²) in [4.78, 5) is 2.42. The number of fused-ring (bicyclic) bond motifs is 6. The van der Waals surface area contributed by atoms with E-state index in [1.54, 1.807) is 0 Å². The molecule has 11 rings (SSSR count). The van der Waals surface area contributed by atoms with E-state index in [0.29, 0.717) is 0 Å². The molecule has 0 amide bonds. The Morgan fingerprint density at radius 1 is 0.368 bits per heavy atom. The van der Waals surface area contributed by atoms with E-state index < -0.39 is 0 Å². The quantitative estimate of drug-likeness (QED) is 0.162. The van der Waals surface area contributed by atoms with Gasteiger partial charge in [0.1, 0.15) is 11.2 Å². The van der Waals surface area contributed by atoms with Gasteiger partial charge in [-0.25, -0.2) is 0 Å². The van der Waals surface area contributed by atoms with Crippen LogP contribution in [0.4, 0.5) is 17.1 Å². The Labute approximate surface area is 335 Å². The van der Waals surface area contributed by atoms with Crippen LogP contribution in [0.5, 0.6) is 0 Å². The smallest absolute Gasteiger partial charge is 0.143 e. The molecule has 0 aliphatic rings. The Bertz CT molecular complexity index is 3210. The lowest BCUT2D eigenvalue weighted by Gasteiger charge is -2.27. The summed E-state index contributed by atoms with van der Waals surface area (Å²) in [6.45, 7) is 0. The van der Waals surface area contributed by atoms with Crippen LogP contribution < -0.4 is 4.90 Å². The van der Waals surface area contributed by atoms with Crippen molar-refractivity contribution in [2.45, 2.75) is 0 Å². The van der Waals surface area contributed by atoms with Crippen molar-refractivity contribution in [2.24, 2.45) is 0 Å². The highest BCUT2D eigenvalue weighted by Gasteiger charge is 2.21. The molecule has 9 aromatic carbocycles. The van der Waals surface area contributed by atoms with E-state index in [0.717, 1.165) is 50.1 Å². The van der Waals surface area contributed by atoms with Crippen molar-refractivity contribution in [3.05, 3.63) is 212 Å². The average Bonchev–Trinajstić information content (AvgIpc) is 3.87. The molecule has 11 aromatic rings. The number of nitrogens with zero attached hydrogens (tertiary/aromatic N) is 1. The first-order valence-corrected chi connectivity index (χ1v) is 20.1. The van der Waals surface area contributed by atoms with Gasteiger partial charge in [-0.05, 0) is 87.5 Å². The maximum atomic E-state index is 6.45. The van der Waals surface area contributed by atoms with Crippen LogP contribution >= 0.6 is 11.3 Å². The Morgan fingerprint density at radius 2 is 0.912 bits per heavy atom. The maximum Gasteiger partial charge on any atom is 0.143 e. The number of furan rings is 1. The second-order valence-electron chi connectivity index (χ2n) is 14.5. The summed E-state index contributed by atoms with van der Waals surface area (Å²) < 4.78 is 8.99. The van der Waals surface area contributed by atoms with Crippen LogP contribution in [0.3, 0.4) is 0 Å². The molecule has 0 spiro atoms. The van der Waals surface area contributed by atoms with Gasteiger partial charge >= 0.3 is 0 Å². The topological polar surface area (TPSA) is 16.4 Å². The lowest BCUT2D eigenvalue weighted by molar-refractivity contribution is 0.670. The van der Waals surface area contributed by atoms with Crippen molar-refractivity contribution in [3.63, 3.8) is 0 Å². The van der Waals surface area contributed by atoms with Gasteiger partial charge < -0.3 is 9.32 Å². The van der Waals surface area contributed by atoms with Gasteiger partial charge in [0.05, 0.1) is 10.4 Å². The van der Waals surface area contributed by atoms with E-state index in [-0.39, 0.29) is 0 Å². The molecule has 2 nitrogen and oxygen atoms in total. The zero-order chi connectivity index (χ0) is 37.7.